The zero-order valence-corrected chi connectivity index (χ0v) is 11.5. The average molecular weight is 284 g/mol. The third-order valence-electron chi connectivity index (χ3n) is 2.26. The number of ether oxygens (including phenoxy) is 4. The van der Waals surface area contributed by atoms with Crippen molar-refractivity contribution in [3.05, 3.63) is 24.0 Å². The standard InChI is InChI=1S/C13H20N2O5/c1-17-4-5-18-6-7-19-8-9-20-13(16)12-3-2-11(14)10-15-12/h2-3,10H,4-9,14H2,1H3. The highest BCUT2D eigenvalue weighted by Gasteiger charge is 2.07. The van der Waals surface area contributed by atoms with Crippen molar-refractivity contribution in [1.82, 2.24) is 4.98 Å². The monoisotopic (exact) mass is 284 g/mol. The third-order valence-corrected chi connectivity index (χ3v) is 2.26. The number of anilines is 1. The number of rotatable bonds is 10. The average Bonchev–Trinajstić information content (AvgIpc) is 2.46. The fourth-order valence-corrected chi connectivity index (χ4v) is 1.26. The maximum Gasteiger partial charge on any atom is 0.356 e. The fraction of sp³-hybridized carbons (Fsp3) is 0.538. The highest BCUT2D eigenvalue weighted by atomic mass is 16.6. The topological polar surface area (TPSA) is 92.9 Å². The Morgan fingerprint density at radius 1 is 1.10 bits per heavy atom. The molecule has 1 aromatic rings. The van der Waals surface area contributed by atoms with Gasteiger partial charge in [0.25, 0.3) is 0 Å². The lowest BCUT2D eigenvalue weighted by Gasteiger charge is -2.06. The van der Waals surface area contributed by atoms with Gasteiger partial charge in [-0.15, -0.1) is 0 Å². The summed E-state index contributed by atoms with van der Waals surface area (Å²) in [4.78, 5) is 15.4. The summed E-state index contributed by atoms with van der Waals surface area (Å²) in [5.41, 5.74) is 6.19. The van der Waals surface area contributed by atoms with Crippen LogP contribution in [-0.2, 0) is 18.9 Å². The molecule has 1 heterocycles. The van der Waals surface area contributed by atoms with Crippen molar-refractivity contribution in [3.63, 3.8) is 0 Å². The Morgan fingerprint density at radius 2 is 1.75 bits per heavy atom. The molecule has 0 aliphatic carbocycles. The lowest BCUT2D eigenvalue weighted by atomic mass is 10.3. The first-order valence-corrected chi connectivity index (χ1v) is 6.27. The number of carbonyl (C=O) groups excluding carboxylic acids is 1. The van der Waals surface area contributed by atoms with Gasteiger partial charge in [0.15, 0.2) is 0 Å². The first-order chi connectivity index (χ1) is 9.74. The molecule has 20 heavy (non-hydrogen) atoms. The maximum absolute atomic E-state index is 11.5. The predicted molar refractivity (Wildman–Crippen MR) is 72.4 cm³/mol. The van der Waals surface area contributed by atoms with E-state index >= 15 is 0 Å². The zero-order valence-electron chi connectivity index (χ0n) is 11.5. The first kappa shape index (κ1) is 16.4. The van der Waals surface area contributed by atoms with Crippen molar-refractivity contribution < 1.29 is 23.7 Å². The third kappa shape index (κ3) is 7.03. The molecule has 1 aromatic heterocycles. The van der Waals surface area contributed by atoms with Crippen LogP contribution in [0.2, 0.25) is 0 Å². The van der Waals surface area contributed by atoms with E-state index in [1.807, 2.05) is 0 Å². The second-order valence-corrected chi connectivity index (χ2v) is 3.83. The Morgan fingerprint density at radius 3 is 2.35 bits per heavy atom. The molecule has 0 fully saturated rings. The Labute approximate surface area is 118 Å². The van der Waals surface area contributed by atoms with Crippen LogP contribution in [0, 0.1) is 0 Å². The minimum atomic E-state index is -0.495. The summed E-state index contributed by atoms with van der Waals surface area (Å²) >= 11 is 0. The van der Waals surface area contributed by atoms with E-state index in [4.69, 9.17) is 24.7 Å². The van der Waals surface area contributed by atoms with Gasteiger partial charge in [-0.1, -0.05) is 0 Å². The molecule has 0 aliphatic rings. The molecule has 7 nitrogen and oxygen atoms in total. The van der Waals surface area contributed by atoms with Crippen molar-refractivity contribution in [3.8, 4) is 0 Å². The van der Waals surface area contributed by atoms with Crippen molar-refractivity contribution >= 4 is 11.7 Å². The van der Waals surface area contributed by atoms with Gasteiger partial charge in [-0.25, -0.2) is 9.78 Å². The van der Waals surface area contributed by atoms with Crippen LogP contribution in [0.5, 0.6) is 0 Å². The number of aromatic nitrogens is 1. The summed E-state index contributed by atoms with van der Waals surface area (Å²) in [5.74, 6) is -0.495. The molecule has 0 bridgehead atoms. The van der Waals surface area contributed by atoms with Crippen LogP contribution in [0.25, 0.3) is 0 Å². The number of esters is 1. The van der Waals surface area contributed by atoms with E-state index in [1.165, 1.54) is 12.3 Å². The minimum absolute atomic E-state index is 0.170. The highest BCUT2D eigenvalue weighted by Crippen LogP contribution is 2.02. The van der Waals surface area contributed by atoms with Gasteiger partial charge in [-0.05, 0) is 12.1 Å². The van der Waals surface area contributed by atoms with Crippen LogP contribution in [0.1, 0.15) is 10.5 Å². The van der Waals surface area contributed by atoms with Gasteiger partial charge >= 0.3 is 5.97 Å². The van der Waals surface area contributed by atoms with Gasteiger partial charge < -0.3 is 24.7 Å². The van der Waals surface area contributed by atoms with Gasteiger partial charge in [-0.3, -0.25) is 0 Å². The molecule has 2 N–H and O–H groups in total. The number of nitrogen functional groups attached to an aromatic ring is 1. The maximum atomic E-state index is 11.5. The summed E-state index contributed by atoms with van der Waals surface area (Å²) in [5, 5.41) is 0. The van der Waals surface area contributed by atoms with Crippen LogP contribution in [0.3, 0.4) is 0 Å². The summed E-state index contributed by atoms with van der Waals surface area (Å²) in [6, 6.07) is 3.11. The second kappa shape index (κ2) is 10.1. The van der Waals surface area contributed by atoms with E-state index in [1.54, 1.807) is 13.2 Å². The number of pyridine rings is 1. The van der Waals surface area contributed by atoms with Crippen molar-refractivity contribution in [2.45, 2.75) is 0 Å². The number of carbonyl (C=O) groups is 1. The number of hydrogen-bond acceptors (Lipinski definition) is 7. The normalized spacial score (nSPS) is 10.4. The largest absolute Gasteiger partial charge is 0.459 e. The van der Waals surface area contributed by atoms with Crippen molar-refractivity contribution in [1.29, 1.82) is 0 Å². The Hall–Kier alpha value is -1.70. The lowest BCUT2D eigenvalue weighted by molar-refractivity contribution is 0.00549. The molecule has 0 unspecified atom stereocenters. The Balaban J connectivity index is 2.01. The second-order valence-electron chi connectivity index (χ2n) is 3.83. The smallest absolute Gasteiger partial charge is 0.356 e. The van der Waals surface area contributed by atoms with Gasteiger partial charge in [0.05, 0.1) is 44.9 Å². The molecular formula is C13H20N2O5. The van der Waals surface area contributed by atoms with E-state index in [9.17, 15) is 4.79 Å². The zero-order chi connectivity index (χ0) is 14.6. The summed E-state index contributed by atoms with van der Waals surface area (Å²) < 4.78 is 20.2. The van der Waals surface area contributed by atoms with E-state index in [0.29, 0.717) is 38.7 Å². The summed E-state index contributed by atoms with van der Waals surface area (Å²) in [6.07, 6.45) is 1.41. The van der Waals surface area contributed by atoms with Crippen LogP contribution < -0.4 is 5.73 Å². The van der Waals surface area contributed by atoms with Crippen LogP contribution >= 0.6 is 0 Å². The molecule has 0 spiro atoms. The number of hydrogen-bond donors (Lipinski definition) is 1. The van der Waals surface area contributed by atoms with Gasteiger partial charge in [0, 0.05) is 7.11 Å². The molecule has 0 radical (unpaired) electrons. The molecule has 0 saturated carbocycles. The minimum Gasteiger partial charge on any atom is -0.459 e. The molecular weight excluding hydrogens is 264 g/mol. The Kier molecular flexibility index (Phi) is 8.28. The number of methoxy groups -OCH3 is 1. The SMILES string of the molecule is COCCOCCOCCOC(=O)c1ccc(N)cn1. The van der Waals surface area contributed by atoms with Crippen molar-refractivity contribution in [2.75, 3.05) is 52.5 Å². The lowest BCUT2D eigenvalue weighted by Crippen LogP contribution is -2.14. The molecule has 112 valence electrons. The molecule has 0 aromatic carbocycles. The van der Waals surface area contributed by atoms with Gasteiger partial charge in [-0.2, -0.15) is 0 Å². The molecule has 0 atom stereocenters. The van der Waals surface area contributed by atoms with Crippen molar-refractivity contribution in [2.24, 2.45) is 0 Å². The number of nitrogens with two attached hydrogens (primary N) is 1. The quantitative estimate of drug-likeness (QED) is 0.494. The Bertz CT molecular complexity index is 383. The van der Waals surface area contributed by atoms with Gasteiger partial charge in [0.2, 0.25) is 0 Å². The molecule has 7 heteroatoms. The van der Waals surface area contributed by atoms with E-state index in [2.05, 4.69) is 4.98 Å². The fourth-order valence-electron chi connectivity index (χ4n) is 1.26. The summed E-state index contributed by atoms with van der Waals surface area (Å²) in [7, 11) is 1.62. The molecule has 1 rings (SSSR count). The van der Waals surface area contributed by atoms with Crippen LogP contribution in [0.15, 0.2) is 18.3 Å². The first-order valence-electron chi connectivity index (χ1n) is 6.27. The predicted octanol–water partition coefficient (Wildman–Crippen LogP) is 0.500. The van der Waals surface area contributed by atoms with E-state index in [0.717, 1.165) is 0 Å². The summed E-state index contributed by atoms with van der Waals surface area (Å²) in [6.45, 7) is 2.51. The van der Waals surface area contributed by atoms with Crippen LogP contribution in [0.4, 0.5) is 5.69 Å². The van der Waals surface area contributed by atoms with Gasteiger partial charge in [0.1, 0.15) is 12.3 Å². The highest BCUT2D eigenvalue weighted by molar-refractivity contribution is 5.87. The molecule has 0 saturated heterocycles. The molecule has 0 amide bonds. The molecule has 0 aliphatic heterocycles. The van der Waals surface area contributed by atoms with E-state index < -0.39 is 5.97 Å². The van der Waals surface area contributed by atoms with Crippen LogP contribution in [-0.4, -0.2) is 57.7 Å². The van der Waals surface area contributed by atoms with E-state index in [-0.39, 0.29) is 12.3 Å². The number of nitrogens with zero attached hydrogens (tertiary/aromatic N) is 1.